The second kappa shape index (κ2) is 14.9. The van der Waals surface area contributed by atoms with Crippen molar-refractivity contribution in [1.82, 2.24) is 4.72 Å². The molecule has 1 heterocycles. The van der Waals surface area contributed by atoms with E-state index in [-0.39, 0.29) is 29.9 Å². The van der Waals surface area contributed by atoms with Gasteiger partial charge in [0.1, 0.15) is 18.0 Å². The van der Waals surface area contributed by atoms with Gasteiger partial charge >= 0.3 is 5.97 Å². The number of rotatable bonds is 11. The van der Waals surface area contributed by atoms with E-state index in [1.807, 2.05) is 74.5 Å². The van der Waals surface area contributed by atoms with E-state index in [9.17, 15) is 13.2 Å². The topological polar surface area (TPSA) is 110 Å². The molecule has 0 amide bonds. The third-order valence-corrected chi connectivity index (χ3v) is 10.6. The van der Waals surface area contributed by atoms with Crippen LogP contribution in [-0.4, -0.2) is 27.5 Å². The van der Waals surface area contributed by atoms with Gasteiger partial charge in [-0.1, -0.05) is 67.4 Å². The molecular formula is C42H43N3O5S. The highest BCUT2D eigenvalue weighted by Crippen LogP contribution is 2.43. The van der Waals surface area contributed by atoms with Crippen molar-refractivity contribution in [3.63, 3.8) is 0 Å². The monoisotopic (exact) mass is 701 g/mol. The van der Waals surface area contributed by atoms with Crippen LogP contribution < -0.4 is 15.4 Å². The SMILES string of the molecule is CCC(C)C(=O)OCCNS(=O)(=O)c1ccccc1-c1c2cc/c(=N\c3ccc(C)cc3C)cc-2oc2cc(Nc3ccc(C)cc3C)ccc12. The average Bonchev–Trinajstić information content (AvgIpc) is 3.11. The molecule has 0 aromatic heterocycles. The highest BCUT2D eigenvalue weighted by molar-refractivity contribution is 7.89. The maximum atomic E-state index is 13.9. The number of ether oxygens (including phenoxy) is 1. The Labute approximate surface area is 299 Å². The van der Waals surface area contributed by atoms with Gasteiger partial charge in [-0.2, -0.15) is 0 Å². The first-order chi connectivity index (χ1) is 24.4. The molecule has 2 N–H and O–H groups in total. The van der Waals surface area contributed by atoms with E-state index in [1.54, 1.807) is 19.1 Å². The van der Waals surface area contributed by atoms with Gasteiger partial charge in [-0.3, -0.25) is 4.79 Å². The number of anilines is 2. The summed E-state index contributed by atoms with van der Waals surface area (Å²) in [7, 11) is -4.02. The van der Waals surface area contributed by atoms with Crippen LogP contribution in [0.1, 0.15) is 42.5 Å². The summed E-state index contributed by atoms with van der Waals surface area (Å²) in [6, 6.07) is 30.9. The molecule has 9 heteroatoms. The second-order valence-electron chi connectivity index (χ2n) is 13.1. The maximum absolute atomic E-state index is 13.9. The third kappa shape index (κ3) is 7.90. The van der Waals surface area contributed by atoms with Gasteiger partial charge in [0.2, 0.25) is 10.0 Å². The molecule has 8 nitrogen and oxygen atoms in total. The quantitative estimate of drug-likeness (QED) is 0.0792. The molecule has 2 aliphatic rings. The molecule has 1 atom stereocenters. The third-order valence-electron chi connectivity index (χ3n) is 9.07. The molecule has 6 rings (SSSR count). The molecule has 0 bridgehead atoms. The lowest BCUT2D eigenvalue weighted by Crippen LogP contribution is -2.29. The highest BCUT2D eigenvalue weighted by Gasteiger charge is 2.25. The predicted molar refractivity (Wildman–Crippen MR) is 204 cm³/mol. The fourth-order valence-corrected chi connectivity index (χ4v) is 7.34. The van der Waals surface area contributed by atoms with Gasteiger partial charge < -0.3 is 14.5 Å². The standard InChI is InChI=1S/C42H43N3O5S/c1-7-28(4)42(46)49-21-20-43-51(47,48)40-11-9-8-10-35(40)41-33-16-14-31(44-36-18-12-26(2)22-29(36)5)24-38(33)50-39-25-32(15-17-34(39)41)45-37-19-13-27(3)23-30(37)6/h8-19,22-25,28,43-44H,7,20-21H2,1-6H3/b45-32+. The lowest BCUT2D eigenvalue weighted by Gasteiger charge is -2.19. The zero-order valence-electron chi connectivity index (χ0n) is 29.8. The summed E-state index contributed by atoms with van der Waals surface area (Å²) in [6.07, 6.45) is 0.646. The molecule has 0 fully saturated rings. The largest absolute Gasteiger partial charge is 0.464 e. The number of hydrogen-bond acceptors (Lipinski definition) is 7. The summed E-state index contributed by atoms with van der Waals surface area (Å²) in [5.74, 6) is -0.0411. The summed E-state index contributed by atoms with van der Waals surface area (Å²) in [5, 5.41) is 4.97. The predicted octanol–water partition coefficient (Wildman–Crippen LogP) is 9.28. The summed E-state index contributed by atoms with van der Waals surface area (Å²) in [6.45, 7) is 11.8. The molecule has 0 saturated carbocycles. The van der Waals surface area contributed by atoms with E-state index in [0.29, 0.717) is 34.2 Å². The number of carbonyl (C=O) groups excluding carboxylic acids is 1. The zero-order chi connectivity index (χ0) is 36.3. The van der Waals surface area contributed by atoms with Crippen molar-refractivity contribution in [1.29, 1.82) is 0 Å². The number of aryl methyl sites for hydroxylation is 4. The molecule has 1 unspecified atom stereocenters. The lowest BCUT2D eigenvalue weighted by molar-refractivity contribution is -0.147. The summed E-state index contributed by atoms with van der Waals surface area (Å²) in [4.78, 5) is 17.2. The number of nitrogens with zero attached hydrogens (tertiary/aromatic N) is 1. The normalized spacial score (nSPS) is 12.7. The summed E-state index contributed by atoms with van der Waals surface area (Å²) >= 11 is 0. The van der Waals surface area contributed by atoms with Gasteiger partial charge in [0.15, 0.2) is 0 Å². The van der Waals surface area contributed by atoms with Crippen LogP contribution >= 0.6 is 0 Å². The van der Waals surface area contributed by atoms with Crippen molar-refractivity contribution < 1.29 is 22.4 Å². The summed E-state index contributed by atoms with van der Waals surface area (Å²) < 4.78 is 42.3. The minimum atomic E-state index is -4.02. The molecule has 0 saturated heterocycles. The Kier molecular flexibility index (Phi) is 10.4. The van der Waals surface area contributed by atoms with E-state index < -0.39 is 10.0 Å². The number of benzene rings is 5. The first-order valence-corrected chi connectivity index (χ1v) is 18.6. The fraction of sp³-hybridized carbons (Fsp3) is 0.238. The number of nitrogens with one attached hydrogen (secondary N) is 2. The zero-order valence-corrected chi connectivity index (χ0v) is 30.6. The molecule has 4 aromatic carbocycles. The van der Waals surface area contributed by atoms with Crippen molar-refractivity contribution in [3.8, 4) is 22.5 Å². The Bertz CT molecular complexity index is 2400. The van der Waals surface area contributed by atoms with Crippen LogP contribution in [0.5, 0.6) is 0 Å². The van der Waals surface area contributed by atoms with Crippen molar-refractivity contribution in [3.05, 3.63) is 125 Å². The van der Waals surface area contributed by atoms with Crippen LogP contribution in [0.25, 0.3) is 33.4 Å². The van der Waals surface area contributed by atoms with Gasteiger partial charge in [0.25, 0.3) is 0 Å². The molecule has 0 radical (unpaired) electrons. The van der Waals surface area contributed by atoms with Crippen molar-refractivity contribution >= 4 is 44.0 Å². The molecule has 262 valence electrons. The van der Waals surface area contributed by atoms with Crippen LogP contribution in [0.3, 0.4) is 0 Å². The molecule has 1 aliphatic heterocycles. The van der Waals surface area contributed by atoms with E-state index in [1.165, 1.54) is 5.56 Å². The minimum absolute atomic E-state index is 0.0544. The van der Waals surface area contributed by atoms with Crippen LogP contribution in [0.4, 0.5) is 17.1 Å². The Hall–Kier alpha value is -5.25. The van der Waals surface area contributed by atoms with Gasteiger partial charge in [-0.15, -0.1) is 0 Å². The van der Waals surface area contributed by atoms with Gasteiger partial charge in [-0.05, 0) is 87.7 Å². The number of sulfonamides is 1. The van der Waals surface area contributed by atoms with E-state index in [4.69, 9.17) is 14.1 Å². The first-order valence-electron chi connectivity index (χ1n) is 17.2. The van der Waals surface area contributed by atoms with Crippen LogP contribution in [0.15, 0.2) is 111 Å². The number of carbonyl (C=O) groups is 1. The molecular weight excluding hydrogens is 659 g/mol. The molecule has 1 aliphatic carbocycles. The molecule has 0 spiro atoms. The Balaban J connectivity index is 1.48. The first kappa shape index (κ1) is 35.6. The number of fused-ring (bicyclic) bond motifs is 2. The van der Waals surface area contributed by atoms with Gasteiger partial charge in [0, 0.05) is 52.1 Å². The second-order valence-corrected chi connectivity index (χ2v) is 14.8. The smallest absolute Gasteiger partial charge is 0.308 e. The minimum Gasteiger partial charge on any atom is -0.464 e. The maximum Gasteiger partial charge on any atom is 0.308 e. The van der Waals surface area contributed by atoms with Crippen LogP contribution in [0.2, 0.25) is 0 Å². The van der Waals surface area contributed by atoms with Gasteiger partial charge in [0.05, 0.1) is 21.9 Å². The Morgan fingerprint density at radius 3 is 2.33 bits per heavy atom. The molecule has 4 aromatic rings. The van der Waals surface area contributed by atoms with Crippen LogP contribution in [-0.2, 0) is 19.6 Å². The van der Waals surface area contributed by atoms with Crippen molar-refractivity contribution in [2.45, 2.75) is 52.9 Å². The number of hydrogen-bond donors (Lipinski definition) is 2. The van der Waals surface area contributed by atoms with Crippen molar-refractivity contribution in [2.75, 3.05) is 18.5 Å². The Morgan fingerprint density at radius 2 is 1.59 bits per heavy atom. The van der Waals surface area contributed by atoms with E-state index in [2.05, 4.69) is 55.1 Å². The van der Waals surface area contributed by atoms with Gasteiger partial charge in [-0.25, -0.2) is 18.1 Å². The molecule has 51 heavy (non-hydrogen) atoms. The van der Waals surface area contributed by atoms with E-state index in [0.717, 1.165) is 44.7 Å². The lowest BCUT2D eigenvalue weighted by atomic mass is 9.93. The highest BCUT2D eigenvalue weighted by atomic mass is 32.2. The van der Waals surface area contributed by atoms with Crippen LogP contribution in [0, 0.1) is 33.6 Å². The van der Waals surface area contributed by atoms with Crippen molar-refractivity contribution in [2.24, 2.45) is 10.9 Å². The summed E-state index contributed by atoms with van der Waals surface area (Å²) in [5.41, 5.74) is 9.74. The number of esters is 1. The average molecular weight is 702 g/mol. The van der Waals surface area contributed by atoms with E-state index >= 15 is 0 Å². The fourth-order valence-electron chi connectivity index (χ4n) is 6.12. The Morgan fingerprint density at radius 1 is 0.843 bits per heavy atom.